The molecule has 2 amide bonds. The van der Waals surface area contributed by atoms with Crippen LogP contribution < -0.4 is 14.9 Å². The van der Waals surface area contributed by atoms with Gasteiger partial charge in [-0.05, 0) is 48.7 Å². The monoisotopic (exact) mass is 517 g/mol. The first-order valence-corrected chi connectivity index (χ1v) is 13.0. The first-order valence-electron chi connectivity index (χ1n) is 10.7. The topological polar surface area (TPSA) is 102 Å². The van der Waals surface area contributed by atoms with E-state index in [2.05, 4.69) is 4.98 Å². The normalized spacial score (nSPS) is 14.8. The van der Waals surface area contributed by atoms with Crippen molar-refractivity contribution < 1.29 is 22.0 Å². The lowest BCUT2D eigenvalue weighted by molar-refractivity contribution is 0.248. The van der Waals surface area contributed by atoms with E-state index in [9.17, 15) is 22.0 Å². The molecule has 2 aromatic carbocycles. The van der Waals surface area contributed by atoms with Gasteiger partial charge in [-0.15, -0.1) is 0 Å². The molecule has 2 N–H and O–H groups in total. The van der Waals surface area contributed by atoms with Crippen LogP contribution in [0.2, 0.25) is 0 Å². The fourth-order valence-corrected chi connectivity index (χ4v) is 6.33. The minimum atomic E-state index is -3.94. The van der Waals surface area contributed by atoms with E-state index >= 15 is 0 Å². The molecular weight excluding hydrogens is 496 g/mol. The largest absolute Gasteiger partial charge is 0.348 e. The van der Waals surface area contributed by atoms with Crippen molar-refractivity contribution in [3.05, 3.63) is 59.9 Å². The number of primary sulfonamides is 1. The molecule has 1 aliphatic heterocycles. The van der Waals surface area contributed by atoms with Crippen LogP contribution in [-0.2, 0) is 17.1 Å². The number of carbonyl (C=O) groups excluding carboxylic acids is 1. The van der Waals surface area contributed by atoms with Gasteiger partial charge in [0.1, 0.15) is 11.6 Å². The first-order chi connectivity index (χ1) is 16.5. The predicted molar refractivity (Wildman–Crippen MR) is 131 cm³/mol. The third-order valence-electron chi connectivity index (χ3n) is 5.96. The van der Waals surface area contributed by atoms with E-state index in [0.717, 1.165) is 11.3 Å². The smallest absolute Gasteiger partial charge is 0.330 e. The summed E-state index contributed by atoms with van der Waals surface area (Å²) in [7, 11) is -2.28. The van der Waals surface area contributed by atoms with E-state index in [1.54, 1.807) is 36.2 Å². The highest BCUT2D eigenvalue weighted by molar-refractivity contribution is 7.91. The van der Waals surface area contributed by atoms with Crippen LogP contribution in [0.25, 0.3) is 22.0 Å². The van der Waals surface area contributed by atoms with Gasteiger partial charge in [-0.25, -0.2) is 32.1 Å². The molecular formula is C23H21F2N5O3S2. The third-order valence-corrected chi connectivity index (χ3v) is 8.69. The van der Waals surface area contributed by atoms with Gasteiger partial charge >= 0.3 is 6.03 Å². The molecule has 182 valence electrons. The van der Waals surface area contributed by atoms with E-state index in [4.69, 9.17) is 5.14 Å². The number of thiazole rings is 1. The standard InChI is InChI=1S/C23H21F2N5O3S2/c1-13-21(35(26,32)33)34-22(27-13)30-9-3-8-29(23(30)31)16-6-4-14(5-7-16)17-10-15(24)11-19-20(17)18(25)12-28(19)2/h4-7,10-12H,3,8-9H2,1-2H3,(H2,26,32,33). The van der Waals surface area contributed by atoms with Gasteiger partial charge in [-0.2, -0.15) is 0 Å². The van der Waals surface area contributed by atoms with E-state index < -0.39 is 21.7 Å². The number of hydrogen-bond donors (Lipinski definition) is 1. The summed E-state index contributed by atoms with van der Waals surface area (Å²) < 4.78 is 53.8. The number of anilines is 2. The van der Waals surface area contributed by atoms with E-state index in [-0.39, 0.29) is 21.1 Å². The second kappa shape index (κ2) is 8.40. The molecule has 1 aliphatic rings. The summed E-state index contributed by atoms with van der Waals surface area (Å²) in [6.07, 6.45) is 1.95. The highest BCUT2D eigenvalue weighted by atomic mass is 32.2. The molecule has 1 fully saturated rings. The molecule has 4 aromatic rings. The first kappa shape index (κ1) is 23.4. The van der Waals surface area contributed by atoms with Crippen molar-refractivity contribution in [2.75, 3.05) is 22.9 Å². The second-order valence-corrected chi connectivity index (χ2v) is 11.1. The van der Waals surface area contributed by atoms with E-state index in [1.807, 2.05) is 0 Å². The number of urea groups is 1. The van der Waals surface area contributed by atoms with Crippen molar-refractivity contribution in [1.82, 2.24) is 9.55 Å². The van der Waals surface area contributed by atoms with Crippen LogP contribution in [0.1, 0.15) is 12.1 Å². The lowest BCUT2D eigenvalue weighted by Crippen LogP contribution is -2.49. The highest BCUT2D eigenvalue weighted by Gasteiger charge is 2.31. The van der Waals surface area contributed by atoms with Crippen molar-refractivity contribution in [3.63, 3.8) is 0 Å². The van der Waals surface area contributed by atoms with Crippen LogP contribution in [-0.4, -0.2) is 37.1 Å². The molecule has 0 atom stereocenters. The average Bonchev–Trinajstić information content (AvgIpc) is 3.33. The summed E-state index contributed by atoms with van der Waals surface area (Å²) in [4.78, 5) is 20.5. The van der Waals surface area contributed by atoms with Gasteiger partial charge in [0.15, 0.2) is 9.34 Å². The quantitative estimate of drug-likeness (QED) is 0.434. The third kappa shape index (κ3) is 4.07. The maximum atomic E-state index is 14.6. The Balaban J connectivity index is 1.46. The molecule has 0 saturated carbocycles. The van der Waals surface area contributed by atoms with Gasteiger partial charge < -0.3 is 4.57 Å². The zero-order chi connectivity index (χ0) is 25.1. The van der Waals surface area contributed by atoms with Crippen LogP contribution in [0.3, 0.4) is 0 Å². The molecule has 5 rings (SSSR count). The molecule has 0 radical (unpaired) electrons. The molecule has 1 saturated heterocycles. The Labute approximate surface area is 204 Å². The van der Waals surface area contributed by atoms with Gasteiger partial charge in [-0.3, -0.25) is 9.80 Å². The van der Waals surface area contributed by atoms with Crippen molar-refractivity contribution in [2.24, 2.45) is 12.2 Å². The lowest BCUT2D eigenvalue weighted by atomic mass is 10.0. The summed E-state index contributed by atoms with van der Waals surface area (Å²) in [5.41, 5.74) is 2.32. The number of nitrogens with two attached hydrogens (primary N) is 1. The number of nitrogens with zero attached hydrogens (tertiary/aromatic N) is 4. The summed E-state index contributed by atoms with van der Waals surface area (Å²) in [6.45, 7) is 2.38. The number of sulfonamides is 1. The Kier molecular flexibility index (Phi) is 5.61. The van der Waals surface area contributed by atoms with Crippen molar-refractivity contribution in [2.45, 2.75) is 17.6 Å². The van der Waals surface area contributed by atoms with Gasteiger partial charge in [-0.1, -0.05) is 23.5 Å². The zero-order valence-corrected chi connectivity index (χ0v) is 20.5. The number of hydrogen-bond acceptors (Lipinski definition) is 5. The fraction of sp³-hybridized carbons (Fsp3) is 0.217. The van der Waals surface area contributed by atoms with Crippen LogP contribution in [0, 0.1) is 18.6 Å². The second-order valence-electron chi connectivity index (χ2n) is 8.34. The molecule has 0 aliphatic carbocycles. The minimum absolute atomic E-state index is 0.0728. The summed E-state index contributed by atoms with van der Waals surface area (Å²) in [5.74, 6) is -0.918. The zero-order valence-electron chi connectivity index (χ0n) is 18.8. The maximum Gasteiger partial charge on any atom is 0.330 e. The number of benzene rings is 2. The van der Waals surface area contributed by atoms with Crippen LogP contribution in [0.5, 0.6) is 0 Å². The number of amides is 2. The van der Waals surface area contributed by atoms with Crippen molar-refractivity contribution in [1.29, 1.82) is 0 Å². The number of rotatable bonds is 4. The lowest BCUT2D eigenvalue weighted by Gasteiger charge is -2.34. The summed E-state index contributed by atoms with van der Waals surface area (Å²) in [5, 5.41) is 5.84. The average molecular weight is 518 g/mol. The Morgan fingerprint density at radius 1 is 1.09 bits per heavy atom. The molecule has 8 nitrogen and oxygen atoms in total. The highest BCUT2D eigenvalue weighted by Crippen LogP contribution is 2.35. The van der Waals surface area contributed by atoms with Crippen molar-refractivity contribution >= 4 is 49.1 Å². The fourth-order valence-electron chi connectivity index (χ4n) is 4.36. The van der Waals surface area contributed by atoms with E-state index in [0.29, 0.717) is 47.2 Å². The Bertz CT molecular complexity index is 1580. The number of aromatic nitrogens is 2. The molecule has 0 bridgehead atoms. The van der Waals surface area contributed by atoms with Crippen LogP contribution in [0.15, 0.2) is 46.8 Å². The SMILES string of the molecule is Cc1nc(N2CCCN(c3ccc(-c4cc(F)cc5c4c(F)cn5C)cc3)C2=O)sc1S(N)(=O)=O. The van der Waals surface area contributed by atoms with Gasteiger partial charge in [0.2, 0.25) is 10.0 Å². The molecule has 2 aromatic heterocycles. The molecule has 0 spiro atoms. The molecule has 0 unspecified atom stereocenters. The molecule has 3 heterocycles. The Hall–Kier alpha value is -3.35. The van der Waals surface area contributed by atoms with Crippen LogP contribution in [0.4, 0.5) is 24.4 Å². The van der Waals surface area contributed by atoms with Gasteiger partial charge in [0.05, 0.1) is 11.2 Å². The number of halogens is 2. The maximum absolute atomic E-state index is 14.6. The van der Waals surface area contributed by atoms with Gasteiger partial charge in [0, 0.05) is 37.4 Å². The number of aryl methyl sites for hydroxylation is 2. The predicted octanol–water partition coefficient (Wildman–Crippen LogP) is 4.37. The Morgan fingerprint density at radius 3 is 2.43 bits per heavy atom. The molecule has 35 heavy (non-hydrogen) atoms. The minimum Gasteiger partial charge on any atom is -0.348 e. The molecule has 12 heteroatoms. The van der Waals surface area contributed by atoms with Gasteiger partial charge in [0.25, 0.3) is 0 Å². The summed E-state index contributed by atoms with van der Waals surface area (Å²) in [6, 6.07) is 9.11. The van der Waals surface area contributed by atoms with Crippen LogP contribution >= 0.6 is 11.3 Å². The number of carbonyl (C=O) groups is 1. The summed E-state index contributed by atoms with van der Waals surface area (Å²) >= 11 is 0.861. The van der Waals surface area contributed by atoms with Crippen molar-refractivity contribution in [3.8, 4) is 11.1 Å². The van der Waals surface area contributed by atoms with E-state index in [1.165, 1.54) is 34.7 Å². The number of fused-ring (bicyclic) bond motifs is 1. The Morgan fingerprint density at radius 2 is 1.77 bits per heavy atom.